The molecule has 0 unspecified atom stereocenters. The minimum atomic E-state index is 0.108. The van der Waals surface area contributed by atoms with E-state index in [1.165, 1.54) is 5.56 Å². The van der Waals surface area contributed by atoms with E-state index in [1.807, 2.05) is 31.2 Å². The van der Waals surface area contributed by atoms with E-state index in [1.54, 1.807) is 0 Å². The zero-order valence-corrected chi connectivity index (χ0v) is 8.49. The van der Waals surface area contributed by atoms with Gasteiger partial charge in [-0.2, -0.15) is 10.2 Å². The van der Waals surface area contributed by atoms with E-state index in [4.69, 9.17) is 11.1 Å². The zero-order valence-electron chi connectivity index (χ0n) is 8.49. The van der Waals surface area contributed by atoms with Crippen LogP contribution in [0.1, 0.15) is 11.3 Å². The Labute approximate surface area is 87.6 Å². The first kappa shape index (κ1) is 9.58. The summed E-state index contributed by atoms with van der Waals surface area (Å²) in [4.78, 5) is 0. The molecule has 0 radical (unpaired) electrons. The highest BCUT2D eigenvalue weighted by Crippen LogP contribution is 2.13. The van der Waals surface area contributed by atoms with E-state index in [0.29, 0.717) is 6.42 Å². The van der Waals surface area contributed by atoms with E-state index in [2.05, 4.69) is 10.2 Å². The van der Waals surface area contributed by atoms with Gasteiger partial charge in [0.2, 0.25) is 0 Å². The van der Waals surface area contributed by atoms with E-state index in [-0.39, 0.29) is 5.84 Å². The Hall–Kier alpha value is -1.97. The standard InChI is InChI=1S/C11H12N4/c1-7-2-3-10-8(4-7)5-9(14-15-10)6-11(12)13/h2-5H,6H2,1H3,(H3,12,13). The smallest absolute Gasteiger partial charge is 0.0966 e. The van der Waals surface area contributed by atoms with Crippen molar-refractivity contribution < 1.29 is 0 Å². The zero-order chi connectivity index (χ0) is 10.8. The van der Waals surface area contributed by atoms with E-state index in [9.17, 15) is 0 Å². The summed E-state index contributed by atoms with van der Waals surface area (Å²) in [6.07, 6.45) is 0.358. The van der Waals surface area contributed by atoms with Crippen molar-refractivity contribution >= 4 is 16.7 Å². The lowest BCUT2D eigenvalue weighted by Crippen LogP contribution is -2.13. The van der Waals surface area contributed by atoms with Crippen LogP contribution in [-0.4, -0.2) is 16.0 Å². The number of fused-ring (bicyclic) bond motifs is 1. The minimum Gasteiger partial charge on any atom is -0.387 e. The van der Waals surface area contributed by atoms with Gasteiger partial charge in [0.1, 0.15) is 0 Å². The molecule has 76 valence electrons. The summed E-state index contributed by atoms with van der Waals surface area (Å²) < 4.78 is 0. The van der Waals surface area contributed by atoms with Crippen molar-refractivity contribution in [3.63, 3.8) is 0 Å². The minimum absolute atomic E-state index is 0.108. The number of rotatable bonds is 2. The van der Waals surface area contributed by atoms with Gasteiger partial charge in [0.15, 0.2) is 0 Å². The maximum absolute atomic E-state index is 7.19. The van der Waals surface area contributed by atoms with Crippen molar-refractivity contribution in [2.24, 2.45) is 5.73 Å². The number of hydrogen-bond donors (Lipinski definition) is 2. The Morgan fingerprint density at radius 3 is 2.87 bits per heavy atom. The average molecular weight is 200 g/mol. The van der Waals surface area contributed by atoms with Crippen LogP contribution in [0.4, 0.5) is 0 Å². The van der Waals surface area contributed by atoms with Crippen LogP contribution in [0.5, 0.6) is 0 Å². The van der Waals surface area contributed by atoms with Gasteiger partial charge in [0.05, 0.1) is 17.0 Å². The second-order valence-electron chi connectivity index (χ2n) is 3.60. The predicted molar refractivity (Wildman–Crippen MR) is 59.9 cm³/mol. The predicted octanol–water partition coefficient (Wildman–Crippen LogP) is 1.42. The molecule has 0 fully saturated rings. The van der Waals surface area contributed by atoms with Crippen LogP contribution in [0.15, 0.2) is 24.3 Å². The number of nitrogens with two attached hydrogens (primary N) is 1. The molecule has 2 aromatic rings. The van der Waals surface area contributed by atoms with Crippen molar-refractivity contribution in [2.45, 2.75) is 13.3 Å². The monoisotopic (exact) mass is 200 g/mol. The van der Waals surface area contributed by atoms with Crippen molar-refractivity contribution in [2.75, 3.05) is 0 Å². The molecular weight excluding hydrogens is 188 g/mol. The highest BCUT2D eigenvalue weighted by Gasteiger charge is 2.01. The van der Waals surface area contributed by atoms with Crippen LogP contribution in [-0.2, 0) is 6.42 Å². The van der Waals surface area contributed by atoms with Gasteiger partial charge in [-0.15, -0.1) is 0 Å². The molecule has 0 saturated carbocycles. The van der Waals surface area contributed by atoms with E-state index in [0.717, 1.165) is 16.6 Å². The lowest BCUT2D eigenvalue weighted by atomic mass is 10.1. The highest BCUT2D eigenvalue weighted by molar-refractivity contribution is 5.82. The lowest BCUT2D eigenvalue weighted by Gasteiger charge is -2.01. The first-order valence-corrected chi connectivity index (χ1v) is 4.71. The van der Waals surface area contributed by atoms with E-state index < -0.39 is 0 Å². The maximum atomic E-state index is 7.19. The SMILES string of the molecule is Cc1ccc2nnc(CC(=N)N)cc2c1. The molecule has 3 N–H and O–H groups in total. The van der Waals surface area contributed by atoms with Crippen molar-refractivity contribution in [3.05, 3.63) is 35.5 Å². The molecule has 0 aliphatic heterocycles. The molecule has 1 aromatic heterocycles. The van der Waals surface area contributed by atoms with Crippen LogP contribution < -0.4 is 5.73 Å². The first-order chi connectivity index (χ1) is 7.15. The summed E-state index contributed by atoms with van der Waals surface area (Å²) in [6.45, 7) is 2.03. The van der Waals surface area contributed by atoms with Crippen LogP contribution in [0.3, 0.4) is 0 Å². The number of aryl methyl sites for hydroxylation is 1. The third kappa shape index (κ3) is 2.10. The summed E-state index contributed by atoms with van der Waals surface area (Å²) in [5, 5.41) is 16.3. The Morgan fingerprint density at radius 2 is 2.13 bits per heavy atom. The summed E-state index contributed by atoms with van der Waals surface area (Å²) in [7, 11) is 0. The fourth-order valence-electron chi connectivity index (χ4n) is 1.49. The summed E-state index contributed by atoms with van der Waals surface area (Å²) in [6, 6.07) is 7.92. The molecule has 0 saturated heterocycles. The highest BCUT2D eigenvalue weighted by atomic mass is 15.1. The fraction of sp³-hybridized carbons (Fsp3) is 0.182. The summed E-state index contributed by atoms with van der Waals surface area (Å²) in [5.41, 5.74) is 8.10. The topological polar surface area (TPSA) is 75.7 Å². The molecule has 1 heterocycles. The fourth-order valence-corrected chi connectivity index (χ4v) is 1.49. The first-order valence-electron chi connectivity index (χ1n) is 4.71. The third-order valence-corrected chi connectivity index (χ3v) is 2.16. The van der Waals surface area contributed by atoms with Crippen LogP contribution in [0.25, 0.3) is 10.9 Å². The second kappa shape index (κ2) is 3.65. The Balaban J connectivity index is 2.49. The average Bonchev–Trinajstić information content (AvgIpc) is 2.16. The van der Waals surface area contributed by atoms with Crippen LogP contribution in [0.2, 0.25) is 0 Å². The normalized spacial score (nSPS) is 10.5. The quantitative estimate of drug-likeness (QED) is 0.568. The molecular formula is C11H12N4. The Morgan fingerprint density at radius 1 is 1.33 bits per heavy atom. The van der Waals surface area contributed by atoms with E-state index >= 15 is 0 Å². The van der Waals surface area contributed by atoms with Crippen LogP contribution in [0, 0.1) is 12.3 Å². The van der Waals surface area contributed by atoms with Gasteiger partial charge in [0.25, 0.3) is 0 Å². The number of benzene rings is 1. The molecule has 0 aliphatic rings. The molecule has 0 bridgehead atoms. The molecule has 0 atom stereocenters. The van der Waals surface area contributed by atoms with Gasteiger partial charge in [-0.05, 0) is 25.1 Å². The Kier molecular flexibility index (Phi) is 2.33. The summed E-state index contributed by atoms with van der Waals surface area (Å²) in [5.74, 6) is 0.108. The van der Waals surface area contributed by atoms with Gasteiger partial charge >= 0.3 is 0 Å². The molecule has 0 spiro atoms. The molecule has 0 aliphatic carbocycles. The molecule has 0 amide bonds. The third-order valence-electron chi connectivity index (χ3n) is 2.16. The number of aromatic nitrogens is 2. The van der Waals surface area contributed by atoms with Gasteiger partial charge in [-0.1, -0.05) is 11.6 Å². The molecule has 4 nitrogen and oxygen atoms in total. The van der Waals surface area contributed by atoms with Gasteiger partial charge in [-0.3, -0.25) is 5.41 Å². The molecule has 15 heavy (non-hydrogen) atoms. The second-order valence-corrected chi connectivity index (χ2v) is 3.60. The number of nitrogens with zero attached hydrogens (tertiary/aromatic N) is 2. The molecule has 2 rings (SSSR count). The molecule has 4 heteroatoms. The largest absolute Gasteiger partial charge is 0.387 e. The Bertz CT molecular complexity index is 519. The maximum Gasteiger partial charge on any atom is 0.0966 e. The van der Waals surface area contributed by atoms with Gasteiger partial charge in [0, 0.05) is 11.8 Å². The van der Waals surface area contributed by atoms with Crippen molar-refractivity contribution in [3.8, 4) is 0 Å². The van der Waals surface area contributed by atoms with Gasteiger partial charge in [-0.25, -0.2) is 0 Å². The lowest BCUT2D eigenvalue weighted by molar-refractivity contribution is 0.986. The summed E-state index contributed by atoms with van der Waals surface area (Å²) >= 11 is 0. The van der Waals surface area contributed by atoms with Crippen molar-refractivity contribution in [1.82, 2.24) is 10.2 Å². The van der Waals surface area contributed by atoms with Crippen molar-refractivity contribution in [1.29, 1.82) is 5.41 Å². The number of amidine groups is 1. The van der Waals surface area contributed by atoms with Crippen LogP contribution >= 0.6 is 0 Å². The molecule has 1 aromatic carbocycles. The van der Waals surface area contributed by atoms with Gasteiger partial charge < -0.3 is 5.73 Å². The number of hydrogen-bond acceptors (Lipinski definition) is 3. The number of nitrogens with one attached hydrogen (secondary N) is 1.